The maximum Gasteiger partial charge on any atom is 0.337 e. The first kappa shape index (κ1) is 28.4. The van der Waals surface area contributed by atoms with E-state index in [2.05, 4.69) is 17.2 Å². The van der Waals surface area contributed by atoms with Crippen molar-refractivity contribution in [3.05, 3.63) is 47.7 Å². The Labute approximate surface area is 219 Å². The van der Waals surface area contributed by atoms with Gasteiger partial charge in [0.25, 0.3) is 5.91 Å². The number of ether oxygens (including phenoxy) is 3. The van der Waals surface area contributed by atoms with E-state index in [1.54, 1.807) is 19.2 Å². The monoisotopic (exact) mass is 512 g/mol. The molecule has 37 heavy (non-hydrogen) atoms. The van der Waals surface area contributed by atoms with Crippen LogP contribution in [0, 0.1) is 5.92 Å². The van der Waals surface area contributed by atoms with Gasteiger partial charge in [-0.2, -0.15) is 0 Å². The molecule has 1 aromatic heterocycles. The molecule has 1 heterocycles. The molecule has 3 rings (SSSR count). The number of rotatable bonds is 11. The predicted molar refractivity (Wildman–Crippen MR) is 143 cm³/mol. The third kappa shape index (κ3) is 9.69. The van der Waals surface area contributed by atoms with Gasteiger partial charge in [-0.05, 0) is 50.5 Å². The first-order chi connectivity index (χ1) is 17.8. The first-order valence-corrected chi connectivity index (χ1v) is 13.3. The molecular weight excluding hydrogens is 472 g/mol. The molecule has 0 saturated heterocycles. The van der Waals surface area contributed by atoms with Crippen LogP contribution < -0.4 is 14.8 Å². The van der Waals surface area contributed by atoms with E-state index in [0.29, 0.717) is 29.6 Å². The van der Waals surface area contributed by atoms with Gasteiger partial charge in [0.2, 0.25) is 0 Å². The highest BCUT2D eigenvalue weighted by Crippen LogP contribution is 2.29. The number of methoxy groups -OCH3 is 1. The Morgan fingerprint density at radius 3 is 2.14 bits per heavy atom. The lowest BCUT2D eigenvalue weighted by Gasteiger charge is -2.23. The van der Waals surface area contributed by atoms with Crippen LogP contribution in [0.3, 0.4) is 0 Å². The Bertz CT molecular complexity index is 1000. The number of carboxylic acid groups (broad SMARTS) is 1. The third-order valence-corrected chi connectivity index (χ3v) is 6.61. The molecule has 2 atom stereocenters. The van der Waals surface area contributed by atoms with Gasteiger partial charge in [0.1, 0.15) is 23.4 Å². The minimum absolute atomic E-state index is 0.00135. The molecule has 0 unspecified atom stereocenters. The number of benzene rings is 1. The summed E-state index contributed by atoms with van der Waals surface area (Å²) in [6.07, 6.45) is 12.3. The number of hydrogen-bond donors (Lipinski definition) is 2. The summed E-state index contributed by atoms with van der Waals surface area (Å²) in [5.41, 5.74) is 0.404. The highest BCUT2D eigenvalue weighted by atomic mass is 16.5. The summed E-state index contributed by atoms with van der Waals surface area (Å²) in [5, 5.41) is 11.8. The Balaban J connectivity index is 1.73. The summed E-state index contributed by atoms with van der Waals surface area (Å²) in [7, 11) is 1.61. The average Bonchev–Trinajstić information content (AvgIpc) is 2.98. The first-order valence-electron chi connectivity index (χ1n) is 13.3. The highest BCUT2D eigenvalue weighted by molar-refractivity contribution is 6.04. The van der Waals surface area contributed by atoms with E-state index < -0.39 is 11.9 Å². The SMILES string of the molecule is COC[C@H](C)Oc1cc(O[C@@H](C)CC2CCCCCCCC2)cc(C(=O)Nc2ccc(C(=O)O)cn2)c1. The second-order valence-corrected chi connectivity index (χ2v) is 10.00. The summed E-state index contributed by atoms with van der Waals surface area (Å²) < 4.78 is 17.5. The number of amides is 1. The van der Waals surface area contributed by atoms with Gasteiger partial charge < -0.3 is 24.6 Å². The standard InChI is InChI=1S/C29H40N2O6/c1-20(14-22-10-8-6-4-5-7-9-11-22)36-25-15-24(16-26(17-25)37-21(2)19-35-3)28(32)31-27-13-12-23(18-30-27)29(33)34/h12-13,15-18,20-22H,4-11,14,19H2,1-3H3,(H,33,34)(H,30,31,32)/t20-,21-/m0/s1. The summed E-state index contributed by atoms with van der Waals surface area (Å²) in [5.74, 6) is 0.510. The van der Waals surface area contributed by atoms with Crippen LogP contribution in [0.1, 0.15) is 92.4 Å². The smallest absolute Gasteiger partial charge is 0.337 e. The number of nitrogens with one attached hydrogen (secondary N) is 1. The minimum Gasteiger partial charge on any atom is -0.491 e. The van der Waals surface area contributed by atoms with Crippen molar-refractivity contribution in [2.75, 3.05) is 19.0 Å². The van der Waals surface area contributed by atoms with Gasteiger partial charge in [0.15, 0.2) is 0 Å². The zero-order valence-corrected chi connectivity index (χ0v) is 22.2. The van der Waals surface area contributed by atoms with Crippen molar-refractivity contribution in [3.63, 3.8) is 0 Å². The molecule has 1 aromatic carbocycles. The third-order valence-electron chi connectivity index (χ3n) is 6.61. The van der Waals surface area contributed by atoms with Gasteiger partial charge in [-0.1, -0.05) is 51.4 Å². The van der Waals surface area contributed by atoms with E-state index in [1.807, 2.05) is 13.0 Å². The van der Waals surface area contributed by atoms with E-state index in [9.17, 15) is 9.59 Å². The van der Waals surface area contributed by atoms with Crippen molar-refractivity contribution in [2.45, 2.75) is 83.8 Å². The fraction of sp³-hybridized carbons (Fsp3) is 0.552. The molecule has 0 radical (unpaired) electrons. The van der Waals surface area contributed by atoms with Gasteiger partial charge in [0, 0.05) is 24.9 Å². The van der Waals surface area contributed by atoms with E-state index in [0.717, 1.165) is 6.42 Å². The van der Waals surface area contributed by atoms with Crippen molar-refractivity contribution in [1.82, 2.24) is 4.98 Å². The Kier molecular flexibility index (Phi) is 11.2. The van der Waals surface area contributed by atoms with Crippen molar-refractivity contribution in [2.24, 2.45) is 5.92 Å². The van der Waals surface area contributed by atoms with Gasteiger partial charge in [-0.3, -0.25) is 4.79 Å². The minimum atomic E-state index is -1.08. The number of carboxylic acids is 1. The molecule has 2 aromatic rings. The van der Waals surface area contributed by atoms with E-state index >= 15 is 0 Å². The fourth-order valence-corrected chi connectivity index (χ4v) is 4.83. The predicted octanol–water partition coefficient (Wildman–Crippen LogP) is 6.35. The number of carbonyl (C=O) groups excluding carboxylic acids is 1. The number of aromatic nitrogens is 1. The maximum absolute atomic E-state index is 13.1. The second-order valence-electron chi connectivity index (χ2n) is 10.00. The molecule has 1 saturated carbocycles. The van der Waals surface area contributed by atoms with Crippen LogP contribution in [-0.4, -0.2) is 47.9 Å². The molecule has 1 amide bonds. The molecular formula is C29H40N2O6. The van der Waals surface area contributed by atoms with Crippen molar-refractivity contribution in [1.29, 1.82) is 0 Å². The largest absolute Gasteiger partial charge is 0.491 e. The van der Waals surface area contributed by atoms with E-state index in [4.69, 9.17) is 19.3 Å². The number of aromatic carboxylic acids is 1. The van der Waals surface area contributed by atoms with Crippen LogP contribution in [0.4, 0.5) is 5.82 Å². The van der Waals surface area contributed by atoms with Crippen molar-refractivity contribution in [3.8, 4) is 11.5 Å². The number of nitrogens with zero attached hydrogens (tertiary/aromatic N) is 1. The van der Waals surface area contributed by atoms with Gasteiger partial charge in [0.05, 0.1) is 18.3 Å². The van der Waals surface area contributed by atoms with E-state index in [-0.39, 0.29) is 23.6 Å². The molecule has 202 valence electrons. The van der Waals surface area contributed by atoms with Crippen LogP contribution in [-0.2, 0) is 4.74 Å². The molecule has 1 aliphatic carbocycles. The number of carbonyl (C=O) groups is 2. The van der Waals surface area contributed by atoms with Gasteiger partial charge in [-0.15, -0.1) is 0 Å². The molecule has 0 spiro atoms. The summed E-state index contributed by atoms with van der Waals surface area (Å²) in [6.45, 7) is 4.39. The van der Waals surface area contributed by atoms with Crippen LogP contribution in [0.2, 0.25) is 0 Å². The zero-order valence-electron chi connectivity index (χ0n) is 22.2. The number of anilines is 1. The zero-order chi connectivity index (χ0) is 26.6. The lowest BCUT2D eigenvalue weighted by Crippen LogP contribution is -2.20. The quantitative estimate of drug-likeness (QED) is 0.361. The molecule has 1 aliphatic rings. The van der Waals surface area contributed by atoms with Crippen LogP contribution in [0.25, 0.3) is 0 Å². The van der Waals surface area contributed by atoms with E-state index in [1.165, 1.54) is 69.7 Å². The maximum atomic E-state index is 13.1. The van der Waals surface area contributed by atoms with Crippen molar-refractivity contribution >= 4 is 17.7 Å². The average molecular weight is 513 g/mol. The summed E-state index contributed by atoms with van der Waals surface area (Å²) in [4.78, 5) is 28.1. The van der Waals surface area contributed by atoms with Gasteiger partial charge in [-0.25, -0.2) is 9.78 Å². The van der Waals surface area contributed by atoms with Crippen LogP contribution in [0.15, 0.2) is 36.5 Å². The molecule has 2 N–H and O–H groups in total. The topological polar surface area (TPSA) is 107 Å². The van der Waals surface area contributed by atoms with Crippen LogP contribution >= 0.6 is 0 Å². The normalized spacial score (nSPS) is 16.5. The fourth-order valence-electron chi connectivity index (χ4n) is 4.83. The van der Waals surface area contributed by atoms with Crippen molar-refractivity contribution < 1.29 is 28.9 Å². The summed E-state index contributed by atoms with van der Waals surface area (Å²) >= 11 is 0. The lowest BCUT2D eigenvalue weighted by molar-refractivity contribution is 0.0696. The molecule has 0 aliphatic heterocycles. The van der Waals surface area contributed by atoms with Gasteiger partial charge >= 0.3 is 5.97 Å². The Morgan fingerprint density at radius 2 is 1.57 bits per heavy atom. The molecule has 1 fully saturated rings. The number of hydrogen-bond acceptors (Lipinski definition) is 6. The Hall–Kier alpha value is -3.13. The Morgan fingerprint density at radius 1 is 0.946 bits per heavy atom. The number of pyridine rings is 1. The summed E-state index contributed by atoms with van der Waals surface area (Å²) in [6, 6.07) is 8.02. The molecule has 8 nitrogen and oxygen atoms in total. The second kappa shape index (κ2) is 14.6. The highest BCUT2D eigenvalue weighted by Gasteiger charge is 2.18. The van der Waals surface area contributed by atoms with Crippen LogP contribution in [0.5, 0.6) is 11.5 Å². The lowest BCUT2D eigenvalue weighted by atomic mass is 9.91. The molecule has 8 heteroatoms. The molecule has 0 bridgehead atoms.